The van der Waals surface area contributed by atoms with Gasteiger partial charge in [0.1, 0.15) is 0 Å². The summed E-state index contributed by atoms with van der Waals surface area (Å²) in [5, 5.41) is 1.09. The minimum absolute atomic E-state index is 0.466. The van der Waals surface area contributed by atoms with Crippen LogP contribution in [0.25, 0.3) is 20.9 Å². The van der Waals surface area contributed by atoms with Crippen molar-refractivity contribution in [2.45, 2.75) is 13.8 Å². The molecule has 0 unspecified atom stereocenters. The Morgan fingerprint density at radius 2 is 1.15 bits per heavy atom. The van der Waals surface area contributed by atoms with E-state index in [1.807, 2.05) is 12.1 Å². The van der Waals surface area contributed by atoms with Crippen LogP contribution in [0.4, 0.5) is 0 Å². The van der Waals surface area contributed by atoms with Crippen molar-refractivity contribution in [1.82, 2.24) is 0 Å². The van der Waals surface area contributed by atoms with Crippen molar-refractivity contribution in [3.8, 4) is 0 Å². The molecule has 2 aromatic rings. The zero-order valence-electron chi connectivity index (χ0n) is 14.6. The Morgan fingerprint density at radius 1 is 0.769 bits per heavy atom. The van der Waals surface area contributed by atoms with Gasteiger partial charge in [0.15, 0.2) is 7.29 Å². The van der Waals surface area contributed by atoms with Crippen molar-refractivity contribution in [3.63, 3.8) is 0 Å². The summed E-state index contributed by atoms with van der Waals surface area (Å²) in [4.78, 5) is 12.0. The maximum atomic E-state index is 12.8. The summed E-state index contributed by atoms with van der Waals surface area (Å²) in [5.41, 5.74) is 16.6. The summed E-state index contributed by atoms with van der Waals surface area (Å²) in [6.07, 6.45) is 0.932. The molecule has 0 heterocycles. The Balaban J connectivity index is 0.000000321. The molecule has 0 N–H and O–H groups in total. The summed E-state index contributed by atoms with van der Waals surface area (Å²) >= 11 is 0. The lowest BCUT2D eigenvalue weighted by Gasteiger charge is -2.12. The van der Waals surface area contributed by atoms with Gasteiger partial charge in [-0.2, -0.15) is 0 Å². The molecule has 0 spiro atoms. The monoisotopic (exact) mass is 390 g/mol. The molecule has 0 saturated carbocycles. The Morgan fingerprint density at radius 3 is 1.42 bits per heavy atom. The molecule has 0 aromatic heterocycles. The third-order valence-corrected chi connectivity index (χ3v) is 8.28. The molecular formula is C16H20N6O2P2. The van der Waals surface area contributed by atoms with Crippen LogP contribution in [-0.4, -0.2) is 12.3 Å². The predicted octanol–water partition coefficient (Wildman–Crippen LogP) is 5.84. The van der Waals surface area contributed by atoms with Crippen LogP contribution in [0.1, 0.15) is 13.8 Å². The van der Waals surface area contributed by atoms with Crippen LogP contribution in [0, 0.1) is 0 Å². The van der Waals surface area contributed by atoms with E-state index in [1.165, 1.54) is 0 Å². The topological polar surface area (TPSA) is 132 Å². The molecule has 0 atom stereocenters. The second kappa shape index (κ2) is 10.5. The Labute approximate surface area is 152 Å². The van der Waals surface area contributed by atoms with Crippen molar-refractivity contribution < 1.29 is 9.13 Å². The number of hydrogen-bond acceptors (Lipinski definition) is 2. The summed E-state index contributed by atoms with van der Waals surface area (Å²) in [7, 11) is -5.69. The first kappa shape index (κ1) is 21.6. The molecule has 0 aliphatic carbocycles. The van der Waals surface area contributed by atoms with Gasteiger partial charge in [0.05, 0.1) is 0 Å². The first-order valence-corrected chi connectivity index (χ1v) is 11.6. The molecule has 0 saturated heterocycles. The fourth-order valence-corrected chi connectivity index (χ4v) is 4.61. The van der Waals surface area contributed by atoms with Crippen LogP contribution < -0.4 is 10.6 Å². The van der Waals surface area contributed by atoms with Crippen molar-refractivity contribution >= 4 is 25.2 Å². The van der Waals surface area contributed by atoms with Gasteiger partial charge in [-0.05, 0) is 20.8 Å². The highest BCUT2D eigenvalue weighted by atomic mass is 31.2. The van der Waals surface area contributed by atoms with Crippen LogP contribution >= 0.6 is 14.6 Å². The molecule has 0 aliphatic rings. The lowest BCUT2D eigenvalue weighted by molar-refractivity contribution is 0.577. The van der Waals surface area contributed by atoms with Crippen LogP contribution in [-0.2, 0) is 9.13 Å². The van der Waals surface area contributed by atoms with Crippen molar-refractivity contribution in [1.29, 1.82) is 0 Å². The van der Waals surface area contributed by atoms with Gasteiger partial charge in [-0.1, -0.05) is 74.5 Å². The Kier molecular flexibility index (Phi) is 8.71. The van der Waals surface area contributed by atoms with E-state index >= 15 is 0 Å². The van der Waals surface area contributed by atoms with Gasteiger partial charge >= 0.3 is 0 Å². The van der Waals surface area contributed by atoms with Gasteiger partial charge in [-0.3, -0.25) is 0 Å². The fourth-order valence-electron chi connectivity index (χ4n) is 1.99. The van der Waals surface area contributed by atoms with E-state index in [0.29, 0.717) is 22.9 Å². The second-order valence-electron chi connectivity index (χ2n) is 5.08. The van der Waals surface area contributed by atoms with Gasteiger partial charge in [0.25, 0.3) is 0 Å². The summed E-state index contributed by atoms with van der Waals surface area (Å²) in [5.74, 6) is 0. The second-order valence-corrected chi connectivity index (χ2v) is 10.6. The Bertz CT molecular complexity index is 840. The van der Waals surface area contributed by atoms with E-state index < -0.39 is 14.6 Å². The van der Waals surface area contributed by atoms with E-state index in [9.17, 15) is 9.13 Å². The molecule has 0 bridgehead atoms. The number of hydrogen-bond donors (Lipinski definition) is 0. The summed E-state index contributed by atoms with van der Waals surface area (Å²) in [6.45, 7) is 3.53. The molecule has 0 amide bonds. The summed E-state index contributed by atoms with van der Waals surface area (Å²) < 4.78 is 23.9. The lowest BCUT2D eigenvalue weighted by atomic mass is 10.4. The van der Waals surface area contributed by atoms with Crippen molar-refractivity contribution in [2.75, 3.05) is 12.3 Å². The molecule has 0 fully saturated rings. The highest BCUT2D eigenvalue weighted by molar-refractivity contribution is 7.77. The van der Waals surface area contributed by atoms with E-state index in [-0.39, 0.29) is 0 Å². The number of benzene rings is 2. The fraction of sp³-hybridized carbons (Fsp3) is 0.250. The minimum Gasteiger partial charge on any atom is -0.317 e. The van der Waals surface area contributed by atoms with Crippen molar-refractivity contribution in [3.05, 3.63) is 81.5 Å². The van der Waals surface area contributed by atoms with Gasteiger partial charge in [-0.15, -0.1) is 0 Å². The Hall–Kier alpha value is -2.48. The van der Waals surface area contributed by atoms with E-state index in [0.717, 1.165) is 0 Å². The van der Waals surface area contributed by atoms with E-state index in [2.05, 4.69) is 19.6 Å². The number of azide groups is 2. The average molecular weight is 390 g/mol. The molecule has 2 aromatic carbocycles. The molecule has 26 heavy (non-hydrogen) atoms. The van der Waals surface area contributed by atoms with Gasteiger partial charge < -0.3 is 9.13 Å². The standard InChI is InChI=1S/C12H10N3OP.C4H10N3OP/c13-14-15-17(16,11-7-3-1-4-8-11)12-9-5-2-6-10-12;1-3-9(8,4-2)7-6-5/h1-10H;3-4H2,1-2H3. The SMILES string of the molecule is CCP(=O)(CC)N=[N+]=[N-].[N-]=[N+]=NP(=O)(c1ccccc1)c1ccccc1. The maximum absolute atomic E-state index is 12.8. The summed E-state index contributed by atoms with van der Waals surface area (Å²) in [6, 6.07) is 17.6. The molecular weight excluding hydrogens is 370 g/mol. The predicted molar refractivity (Wildman–Crippen MR) is 107 cm³/mol. The highest BCUT2D eigenvalue weighted by Crippen LogP contribution is 2.46. The minimum atomic E-state index is -3.22. The third kappa shape index (κ3) is 5.80. The largest absolute Gasteiger partial charge is 0.317 e. The van der Waals surface area contributed by atoms with E-state index in [1.54, 1.807) is 62.4 Å². The molecule has 0 aliphatic heterocycles. The van der Waals surface area contributed by atoms with Crippen molar-refractivity contribution in [2.24, 2.45) is 9.77 Å². The third-order valence-electron chi connectivity index (χ3n) is 3.57. The lowest BCUT2D eigenvalue weighted by Crippen LogP contribution is -2.13. The molecule has 8 nitrogen and oxygen atoms in total. The zero-order chi connectivity index (χ0) is 19.5. The molecule has 0 radical (unpaired) electrons. The smallest absolute Gasteiger partial charge is 0.228 e. The number of nitrogens with zero attached hydrogens (tertiary/aromatic N) is 6. The zero-order valence-corrected chi connectivity index (χ0v) is 16.4. The van der Waals surface area contributed by atoms with E-state index in [4.69, 9.17) is 11.1 Å². The first-order chi connectivity index (χ1) is 12.5. The van der Waals surface area contributed by atoms with Gasteiger partial charge in [-0.25, -0.2) is 0 Å². The molecule has 2 rings (SSSR count). The maximum Gasteiger partial charge on any atom is 0.228 e. The number of rotatable bonds is 6. The highest BCUT2D eigenvalue weighted by Gasteiger charge is 2.25. The van der Waals surface area contributed by atoms with Gasteiger partial charge in [0, 0.05) is 32.8 Å². The molecule has 10 heteroatoms. The average Bonchev–Trinajstić information content (AvgIpc) is 2.70. The molecule has 136 valence electrons. The quantitative estimate of drug-likeness (QED) is 0.265. The van der Waals surface area contributed by atoms with Crippen LogP contribution in [0.15, 0.2) is 70.4 Å². The van der Waals surface area contributed by atoms with Crippen LogP contribution in [0.2, 0.25) is 0 Å². The first-order valence-electron chi connectivity index (χ1n) is 7.88. The van der Waals surface area contributed by atoms with Gasteiger partial charge in [0.2, 0.25) is 7.29 Å². The van der Waals surface area contributed by atoms with Crippen LogP contribution in [0.3, 0.4) is 0 Å². The normalized spacial score (nSPS) is 10.5. The van der Waals surface area contributed by atoms with Crippen LogP contribution in [0.5, 0.6) is 0 Å².